The average Bonchev–Trinajstić information content (AvgIpc) is 2.44. The molecule has 0 aromatic heterocycles. The summed E-state index contributed by atoms with van der Waals surface area (Å²) in [7, 11) is 0. The van der Waals surface area contributed by atoms with Crippen LogP contribution in [-0.2, 0) is 4.74 Å². The number of ether oxygens (including phenoxy) is 1. The first kappa shape index (κ1) is 7.56. The van der Waals surface area contributed by atoms with Gasteiger partial charge in [-0.1, -0.05) is 13.8 Å². The van der Waals surface area contributed by atoms with Crippen molar-refractivity contribution in [2.75, 3.05) is 6.61 Å². The summed E-state index contributed by atoms with van der Waals surface area (Å²) >= 11 is 0. The second kappa shape index (κ2) is 2.46. The van der Waals surface area contributed by atoms with E-state index in [-0.39, 0.29) is 12.2 Å². The molecule has 1 saturated carbocycles. The van der Waals surface area contributed by atoms with Crippen LogP contribution in [0.15, 0.2) is 0 Å². The first-order valence-corrected chi connectivity index (χ1v) is 4.50. The van der Waals surface area contributed by atoms with Crippen LogP contribution in [0.5, 0.6) is 0 Å². The minimum Gasteiger partial charge on any atom is -0.390 e. The molecule has 1 aliphatic heterocycles. The molecule has 0 spiro atoms. The van der Waals surface area contributed by atoms with Gasteiger partial charge in [-0.25, -0.2) is 0 Å². The van der Waals surface area contributed by atoms with Gasteiger partial charge in [-0.15, -0.1) is 0 Å². The highest BCUT2D eigenvalue weighted by atomic mass is 16.5. The average molecular weight is 156 g/mol. The smallest absolute Gasteiger partial charge is 0.0840 e. The molecule has 2 bridgehead atoms. The highest BCUT2D eigenvalue weighted by Crippen LogP contribution is 2.40. The Kier molecular flexibility index (Phi) is 1.69. The Bertz CT molecular complexity index is 138. The van der Waals surface area contributed by atoms with Crippen molar-refractivity contribution in [3.05, 3.63) is 0 Å². The lowest BCUT2D eigenvalue weighted by molar-refractivity contribution is -0.0394. The molecule has 1 saturated heterocycles. The maximum Gasteiger partial charge on any atom is 0.0840 e. The van der Waals surface area contributed by atoms with Gasteiger partial charge in [0.25, 0.3) is 0 Å². The van der Waals surface area contributed by atoms with Crippen molar-refractivity contribution in [3.8, 4) is 0 Å². The predicted molar refractivity (Wildman–Crippen MR) is 42.2 cm³/mol. The maximum absolute atomic E-state index is 9.71. The Hall–Kier alpha value is -0.0800. The van der Waals surface area contributed by atoms with Crippen molar-refractivity contribution < 1.29 is 9.84 Å². The van der Waals surface area contributed by atoms with E-state index in [9.17, 15) is 5.11 Å². The summed E-state index contributed by atoms with van der Waals surface area (Å²) in [6, 6.07) is 0. The van der Waals surface area contributed by atoms with E-state index in [4.69, 9.17) is 4.74 Å². The molecule has 1 heterocycles. The molecule has 11 heavy (non-hydrogen) atoms. The molecule has 2 heteroatoms. The third kappa shape index (κ3) is 1.00. The lowest BCUT2D eigenvalue weighted by Crippen LogP contribution is -2.40. The Morgan fingerprint density at radius 3 is 2.73 bits per heavy atom. The maximum atomic E-state index is 9.71. The first-order valence-electron chi connectivity index (χ1n) is 4.50. The molecule has 2 nitrogen and oxygen atoms in total. The standard InChI is InChI=1S/C9H16O2/c1-5-6(2)9(10)8-3-7(5)4-11-8/h5-10H,3-4H2,1-2H3/t5-,6?,7?,8+,9-/m0/s1. The number of aliphatic hydroxyl groups is 1. The summed E-state index contributed by atoms with van der Waals surface area (Å²) < 4.78 is 5.48. The van der Waals surface area contributed by atoms with Crippen LogP contribution >= 0.6 is 0 Å². The van der Waals surface area contributed by atoms with Crippen LogP contribution in [0, 0.1) is 17.8 Å². The van der Waals surface area contributed by atoms with Gasteiger partial charge >= 0.3 is 0 Å². The predicted octanol–water partition coefficient (Wildman–Crippen LogP) is 1.04. The van der Waals surface area contributed by atoms with Crippen LogP contribution in [0.2, 0.25) is 0 Å². The van der Waals surface area contributed by atoms with Crippen molar-refractivity contribution in [1.29, 1.82) is 0 Å². The molecule has 1 aliphatic carbocycles. The Balaban J connectivity index is 2.16. The molecule has 0 aromatic carbocycles. The van der Waals surface area contributed by atoms with E-state index in [1.165, 1.54) is 0 Å². The highest BCUT2D eigenvalue weighted by Gasteiger charge is 2.44. The number of hydrogen-bond donors (Lipinski definition) is 1. The molecule has 2 unspecified atom stereocenters. The molecule has 64 valence electrons. The van der Waals surface area contributed by atoms with Crippen molar-refractivity contribution in [2.45, 2.75) is 32.5 Å². The summed E-state index contributed by atoms with van der Waals surface area (Å²) in [5.74, 6) is 1.75. The zero-order chi connectivity index (χ0) is 8.01. The van der Waals surface area contributed by atoms with Gasteiger partial charge < -0.3 is 9.84 Å². The van der Waals surface area contributed by atoms with Crippen molar-refractivity contribution in [1.82, 2.24) is 0 Å². The quantitative estimate of drug-likeness (QED) is 0.568. The zero-order valence-corrected chi connectivity index (χ0v) is 7.16. The molecule has 5 atom stereocenters. The summed E-state index contributed by atoms with van der Waals surface area (Å²) in [6.45, 7) is 5.22. The third-order valence-corrected chi connectivity index (χ3v) is 3.55. The second-order valence-electron chi connectivity index (χ2n) is 4.08. The van der Waals surface area contributed by atoms with Gasteiger partial charge in [-0.3, -0.25) is 0 Å². The van der Waals surface area contributed by atoms with Gasteiger partial charge in [0.1, 0.15) is 0 Å². The van der Waals surface area contributed by atoms with E-state index >= 15 is 0 Å². The number of rotatable bonds is 0. The van der Waals surface area contributed by atoms with Crippen LogP contribution in [0.4, 0.5) is 0 Å². The van der Waals surface area contributed by atoms with Crippen LogP contribution in [0.3, 0.4) is 0 Å². The molecule has 2 aliphatic rings. The zero-order valence-electron chi connectivity index (χ0n) is 7.16. The summed E-state index contributed by atoms with van der Waals surface area (Å²) in [5, 5.41) is 9.71. The molecular formula is C9H16O2. The minimum absolute atomic E-state index is 0.145. The Morgan fingerprint density at radius 1 is 1.27 bits per heavy atom. The number of hydrogen-bond acceptors (Lipinski definition) is 2. The van der Waals surface area contributed by atoms with E-state index in [1.807, 2.05) is 0 Å². The molecule has 0 radical (unpaired) electrons. The Labute approximate surface area is 67.6 Å². The van der Waals surface area contributed by atoms with Crippen molar-refractivity contribution >= 4 is 0 Å². The van der Waals surface area contributed by atoms with Gasteiger partial charge in [-0.05, 0) is 24.2 Å². The lowest BCUT2D eigenvalue weighted by atomic mass is 9.73. The van der Waals surface area contributed by atoms with E-state index < -0.39 is 0 Å². The van der Waals surface area contributed by atoms with Crippen LogP contribution < -0.4 is 0 Å². The van der Waals surface area contributed by atoms with E-state index in [2.05, 4.69) is 13.8 Å². The van der Waals surface area contributed by atoms with Crippen LogP contribution in [-0.4, -0.2) is 23.9 Å². The second-order valence-corrected chi connectivity index (χ2v) is 4.08. The Morgan fingerprint density at radius 2 is 2.00 bits per heavy atom. The molecular weight excluding hydrogens is 140 g/mol. The van der Waals surface area contributed by atoms with E-state index in [0.29, 0.717) is 17.8 Å². The van der Waals surface area contributed by atoms with Crippen molar-refractivity contribution in [3.63, 3.8) is 0 Å². The fraction of sp³-hybridized carbons (Fsp3) is 1.00. The fourth-order valence-electron chi connectivity index (χ4n) is 2.37. The first-order chi connectivity index (χ1) is 5.20. The molecule has 2 rings (SSSR count). The molecule has 2 fully saturated rings. The lowest BCUT2D eigenvalue weighted by Gasteiger charge is -2.34. The molecule has 1 N–H and O–H groups in total. The van der Waals surface area contributed by atoms with Crippen molar-refractivity contribution in [2.24, 2.45) is 17.8 Å². The minimum atomic E-state index is -0.219. The monoisotopic (exact) mass is 156 g/mol. The topological polar surface area (TPSA) is 29.5 Å². The molecule has 0 amide bonds. The summed E-state index contributed by atoms with van der Waals surface area (Å²) in [6.07, 6.45) is 1.00. The number of fused-ring (bicyclic) bond motifs is 2. The normalized spacial score (nSPS) is 56.5. The van der Waals surface area contributed by atoms with E-state index in [1.54, 1.807) is 0 Å². The largest absolute Gasteiger partial charge is 0.390 e. The van der Waals surface area contributed by atoms with Crippen LogP contribution in [0.1, 0.15) is 20.3 Å². The van der Waals surface area contributed by atoms with Gasteiger partial charge in [0.15, 0.2) is 0 Å². The summed E-state index contributed by atoms with van der Waals surface area (Å²) in [5.41, 5.74) is 0. The van der Waals surface area contributed by atoms with Gasteiger partial charge in [-0.2, -0.15) is 0 Å². The van der Waals surface area contributed by atoms with E-state index in [0.717, 1.165) is 13.0 Å². The van der Waals surface area contributed by atoms with Gasteiger partial charge in [0, 0.05) is 0 Å². The van der Waals surface area contributed by atoms with Crippen LogP contribution in [0.25, 0.3) is 0 Å². The number of aliphatic hydroxyl groups excluding tert-OH is 1. The third-order valence-electron chi connectivity index (χ3n) is 3.55. The molecule has 0 aromatic rings. The highest BCUT2D eigenvalue weighted by molar-refractivity contribution is 4.93. The van der Waals surface area contributed by atoms with Gasteiger partial charge in [0.2, 0.25) is 0 Å². The fourth-order valence-corrected chi connectivity index (χ4v) is 2.37. The summed E-state index contributed by atoms with van der Waals surface area (Å²) in [4.78, 5) is 0. The SMILES string of the molecule is CC1[C@H](C)C2CO[C@H](C2)[C@H]1O. The van der Waals surface area contributed by atoms with Gasteiger partial charge in [0.05, 0.1) is 18.8 Å².